The molecule has 0 radical (unpaired) electrons. The Morgan fingerprint density at radius 3 is 1.76 bits per heavy atom. The molecule has 1 atom stereocenters. The number of hydrogen-bond acceptors (Lipinski definition) is 0. The van der Waals surface area contributed by atoms with Crippen molar-refractivity contribution in [2.24, 2.45) is 11.8 Å². The molecule has 0 saturated carbocycles. The first-order chi connectivity index (χ1) is 13.0. The third-order valence-electron chi connectivity index (χ3n) is 8.01. The fourth-order valence-corrected chi connectivity index (χ4v) is 29.6. The summed E-state index contributed by atoms with van der Waals surface area (Å²) in [4.78, 5) is 0. The Kier molecular flexibility index (Phi) is 6.47. The van der Waals surface area contributed by atoms with E-state index in [0.29, 0.717) is 6.75 Å². The van der Waals surface area contributed by atoms with Gasteiger partial charge in [0, 0.05) is 0 Å². The van der Waals surface area contributed by atoms with Crippen molar-refractivity contribution in [1.82, 2.24) is 0 Å². The normalized spacial score (nSPS) is 21.1. The monoisotopic (exact) mass is 502 g/mol. The van der Waals surface area contributed by atoms with E-state index in [-0.39, 0.29) is 24.8 Å². The summed E-state index contributed by atoms with van der Waals surface area (Å²) in [7, 11) is 0. The smallest absolute Gasteiger partial charge is 1.00 e. The summed E-state index contributed by atoms with van der Waals surface area (Å²) in [6, 6.07) is 18.6. The van der Waals surface area contributed by atoms with Gasteiger partial charge in [0.15, 0.2) is 0 Å². The van der Waals surface area contributed by atoms with Gasteiger partial charge in [-0.05, 0) is 0 Å². The van der Waals surface area contributed by atoms with Crippen molar-refractivity contribution in [3.8, 4) is 11.1 Å². The molecule has 1 unspecified atom stereocenters. The van der Waals surface area contributed by atoms with Crippen LogP contribution in [0.25, 0.3) is 11.1 Å². The van der Waals surface area contributed by atoms with E-state index in [1.807, 2.05) is 3.28 Å². The van der Waals surface area contributed by atoms with Crippen molar-refractivity contribution < 1.29 is 45.1 Å². The molecule has 1 fully saturated rings. The van der Waals surface area contributed by atoms with Crippen LogP contribution in [-0.2, 0) is 20.3 Å². The Hall–Kier alpha value is -0.617. The van der Waals surface area contributed by atoms with Gasteiger partial charge < -0.3 is 24.8 Å². The Morgan fingerprint density at radius 2 is 1.34 bits per heavy atom. The summed E-state index contributed by atoms with van der Waals surface area (Å²) in [6.45, 7) is 10.0. The number of benzene rings is 2. The molecule has 29 heavy (non-hydrogen) atoms. The first kappa shape index (κ1) is 23.1. The molecule has 1 heterocycles. The van der Waals surface area contributed by atoms with Crippen LogP contribution >= 0.6 is 0 Å². The number of halogens is 2. The van der Waals surface area contributed by atoms with Crippen LogP contribution in [0.1, 0.15) is 48.9 Å². The predicted molar refractivity (Wildman–Crippen MR) is 113 cm³/mol. The van der Waals surface area contributed by atoms with Crippen LogP contribution in [-0.4, -0.2) is 0 Å². The van der Waals surface area contributed by atoms with E-state index in [1.165, 1.54) is 21.7 Å². The molecule has 152 valence electrons. The fraction of sp³-hybridized carbons (Fsp3) is 0.385. The third kappa shape index (κ3) is 2.95. The molecule has 0 N–H and O–H groups in total. The number of allylic oxidation sites excluding steroid dienone is 4. The number of hydrogen-bond donors (Lipinski definition) is 0. The van der Waals surface area contributed by atoms with E-state index in [0.717, 1.165) is 11.8 Å². The molecule has 5 rings (SSSR count). The molecular weight excluding hydrogens is 474 g/mol. The molecule has 2 aromatic carbocycles. The molecule has 0 spiro atoms. The molecule has 0 bridgehead atoms. The molecule has 2 aliphatic carbocycles. The van der Waals surface area contributed by atoms with Crippen LogP contribution < -0.4 is 24.8 Å². The maximum Gasteiger partial charge on any atom is -1.00 e. The maximum atomic E-state index is 2.53. The zero-order valence-corrected chi connectivity index (χ0v) is 21.7. The van der Waals surface area contributed by atoms with Gasteiger partial charge in [0.25, 0.3) is 0 Å². The Bertz CT molecular complexity index is 919. The molecule has 2 aromatic rings. The maximum absolute atomic E-state index is 2.69. The second-order valence-corrected chi connectivity index (χ2v) is 20.4. The Labute approximate surface area is 193 Å². The zero-order chi connectivity index (χ0) is 18.8. The van der Waals surface area contributed by atoms with Gasteiger partial charge in [0.05, 0.1) is 0 Å². The van der Waals surface area contributed by atoms with Crippen molar-refractivity contribution in [3.05, 3.63) is 81.2 Å². The van der Waals surface area contributed by atoms with E-state index in [2.05, 4.69) is 94.5 Å². The van der Waals surface area contributed by atoms with Crippen LogP contribution in [0.3, 0.4) is 0 Å². The van der Waals surface area contributed by atoms with E-state index in [1.54, 1.807) is 11.1 Å². The summed E-state index contributed by atoms with van der Waals surface area (Å²) in [5.74, 6) is 1.55. The minimum atomic E-state index is -2.69. The Morgan fingerprint density at radius 1 is 0.828 bits per heavy atom. The molecule has 3 heteroatoms. The van der Waals surface area contributed by atoms with E-state index >= 15 is 0 Å². The first-order valence-electron chi connectivity index (χ1n) is 10.6. The van der Waals surface area contributed by atoms with Gasteiger partial charge in [-0.15, -0.1) is 0 Å². The van der Waals surface area contributed by atoms with Gasteiger partial charge in [-0.3, -0.25) is 0 Å². The van der Waals surface area contributed by atoms with E-state index in [4.69, 9.17) is 0 Å². The molecule has 0 aromatic heterocycles. The molecule has 3 aliphatic rings. The number of rotatable bonds is 4. The molecule has 0 nitrogen and oxygen atoms in total. The summed E-state index contributed by atoms with van der Waals surface area (Å²) in [5.41, 5.74) is 6.30. The standard InChI is InChI=1S/C13H9.C8H16.C5H5.2ClH.Zr/c1-3-7-12-10(5-1)9-11-6-2-4-8-13(11)12;1-6(2)8(5)7(3)4;1-2-4-5-3-1;;;/h1-9H;6-7H,5H2,1-4H3;1-3H,4H2;2*1H;/q;;;;;+2/p-2. The van der Waals surface area contributed by atoms with Crippen molar-refractivity contribution in [1.29, 1.82) is 0 Å². The van der Waals surface area contributed by atoms with Crippen molar-refractivity contribution in [2.75, 3.05) is 0 Å². The number of fused-ring (bicyclic) bond motifs is 3. The quantitative estimate of drug-likeness (QED) is 0.595. The predicted octanol–water partition coefficient (Wildman–Crippen LogP) is 1.66. The summed E-state index contributed by atoms with van der Waals surface area (Å²) >= 11 is -2.69. The van der Waals surface area contributed by atoms with Gasteiger partial charge in [0.1, 0.15) is 0 Å². The summed E-state index contributed by atoms with van der Waals surface area (Å²) in [5, 5.41) is 0. The average Bonchev–Trinajstić information content (AvgIpc) is 2.99. The van der Waals surface area contributed by atoms with Crippen LogP contribution in [0.5, 0.6) is 0 Å². The average molecular weight is 505 g/mol. The van der Waals surface area contributed by atoms with Crippen molar-refractivity contribution in [2.45, 2.75) is 45.0 Å². The fourth-order valence-electron chi connectivity index (χ4n) is 6.96. The van der Waals surface area contributed by atoms with Crippen LogP contribution in [0.2, 0.25) is 7.25 Å². The topological polar surface area (TPSA) is 0 Å². The van der Waals surface area contributed by atoms with Crippen LogP contribution in [0, 0.1) is 11.8 Å². The van der Waals surface area contributed by atoms with Gasteiger partial charge in [-0.25, -0.2) is 0 Å². The first-order valence-corrected chi connectivity index (χ1v) is 16.2. The second kappa shape index (κ2) is 8.14. The summed E-state index contributed by atoms with van der Waals surface area (Å²) < 4.78 is 4.69. The van der Waals surface area contributed by atoms with Crippen molar-refractivity contribution >= 4 is 0 Å². The minimum absolute atomic E-state index is 0. The van der Waals surface area contributed by atoms with Gasteiger partial charge >= 0.3 is 169 Å². The van der Waals surface area contributed by atoms with Gasteiger partial charge in [-0.2, -0.15) is 0 Å². The molecule has 1 saturated heterocycles. The van der Waals surface area contributed by atoms with E-state index in [9.17, 15) is 0 Å². The second-order valence-electron chi connectivity index (χ2n) is 9.43. The Balaban J connectivity index is 0.00000120. The zero-order valence-electron chi connectivity index (χ0n) is 17.8. The SMILES string of the molecule is CC(C)[C]1(C(C)C)[CH2][Zr+2]1([C]1=CC=CC1)[CH]1c2ccccc2-c2ccccc21.[Cl-].[Cl-]. The molecule has 1 aliphatic heterocycles. The van der Waals surface area contributed by atoms with Crippen LogP contribution in [0.4, 0.5) is 0 Å². The summed E-state index contributed by atoms with van der Waals surface area (Å²) in [6.07, 6.45) is 8.50. The van der Waals surface area contributed by atoms with E-state index < -0.39 is 20.3 Å². The van der Waals surface area contributed by atoms with Gasteiger partial charge in [0.2, 0.25) is 0 Å². The molecular formula is C26H30Cl2Zr. The van der Waals surface area contributed by atoms with Gasteiger partial charge in [-0.1, -0.05) is 0 Å². The minimum Gasteiger partial charge on any atom is -1.00 e. The van der Waals surface area contributed by atoms with Crippen LogP contribution in [0.15, 0.2) is 70.0 Å². The van der Waals surface area contributed by atoms with Crippen molar-refractivity contribution in [3.63, 3.8) is 0 Å². The third-order valence-corrected chi connectivity index (χ3v) is 24.8. The largest absolute Gasteiger partial charge is 1.00 e. The molecule has 0 amide bonds.